The first kappa shape index (κ1) is 31.6. The van der Waals surface area contributed by atoms with E-state index in [0.29, 0.717) is 6.04 Å². The summed E-state index contributed by atoms with van der Waals surface area (Å²) in [6, 6.07) is 8.88. The van der Waals surface area contributed by atoms with Crippen LogP contribution in [0.5, 0.6) is 0 Å². The number of nitrogens with one attached hydrogen (secondary N) is 1. The first-order valence-corrected chi connectivity index (χ1v) is 13.6. The van der Waals surface area contributed by atoms with Crippen molar-refractivity contribution in [1.82, 2.24) is 9.88 Å². The van der Waals surface area contributed by atoms with Crippen LogP contribution in [0.15, 0.2) is 24.3 Å². The number of benzene rings is 1. The van der Waals surface area contributed by atoms with E-state index in [9.17, 15) is 0 Å². The minimum absolute atomic E-state index is 0.467. The molecule has 0 bridgehead atoms. The second-order valence-corrected chi connectivity index (χ2v) is 9.51. The summed E-state index contributed by atoms with van der Waals surface area (Å²) in [6.45, 7) is 14.5. The monoisotopic (exact) mass is 509 g/mol. The number of phosphoric acid groups is 2. The van der Waals surface area contributed by atoms with Crippen molar-refractivity contribution in [1.29, 1.82) is 0 Å². The lowest BCUT2D eigenvalue weighted by Gasteiger charge is -2.22. The molecule has 13 heteroatoms. The van der Waals surface area contributed by atoms with Gasteiger partial charge >= 0.3 is 15.6 Å². The van der Waals surface area contributed by atoms with Crippen molar-refractivity contribution in [2.45, 2.75) is 53.5 Å². The molecule has 0 amide bonds. The fourth-order valence-corrected chi connectivity index (χ4v) is 3.10. The van der Waals surface area contributed by atoms with Gasteiger partial charge in [0.15, 0.2) is 0 Å². The predicted molar refractivity (Wildman–Crippen MR) is 130 cm³/mol. The number of hydrogen-bond acceptors (Lipinski definition) is 5. The molecule has 0 saturated heterocycles. The standard InChI is InChI=1S/C20H31N3.2H3O4P/c1-6-23(7-2)14-10-11-15(3)21-20-16(4)17(5)22-19-13-9-8-12-18(19)20;2*1-5(2,3)4/h8-9,12-13,15H,6-7,10-11,14H2,1-5H3,(H,21,22);2*(H3,1,2,3,4). The Morgan fingerprint density at radius 3 is 1.94 bits per heavy atom. The van der Waals surface area contributed by atoms with Gasteiger partial charge in [0.05, 0.1) is 5.52 Å². The van der Waals surface area contributed by atoms with E-state index in [1.54, 1.807) is 0 Å². The van der Waals surface area contributed by atoms with Crippen molar-refractivity contribution in [3.8, 4) is 0 Å². The average molecular weight is 509 g/mol. The molecule has 0 aliphatic carbocycles. The fraction of sp³-hybridized carbons (Fsp3) is 0.550. The van der Waals surface area contributed by atoms with Crippen LogP contribution in [-0.2, 0) is 9.13 Å². The minimum atomic E-state index is -4.64. The smallest absolute Gasteiger partial charge is 0.382 e. The molecule has 0 spiro atoms. The summed E-state index contributed by atoms with van der Waals surface area (Å²) in [5.74, 6) is 0. The van der Waals surface area contributed by atoms with Crippen LogP contribution in [0.4, 0.5) is 5.69 Å². The van der Waals surface area contributed by atoms with Gasteiger partial charge in [-0.15, -0.1) is 0 Å². The first-order chi connectivity index (χ1) is 15.1. The third-order valence-corrected chi connectivity index (χ3v) is 4.78. The van der Waals surface area contributed by atoms with Crippen molar-refractivity contribution >= 4 is 32.2 Å². The second-order valence-electron chi connectivity index (χ2n) is 7.46. The Balaban J connectivity index is 0.000000859. The molecule has 11 nitrogen and oxygen atoms in total. The van der Waals surface area contributed by atoms with Crippen LogP contribution in [0.3, 0.4) is 0 Å². The first-order valence-electron chi connectivity index (χ1n) is 10.5. The molecule has 1 aromatic carbocycles. The van der Waals surface area contributed by atoms with Crippen LogP contribution >= 0.6 is 15.6 Å². The van der Waals surface area contributed by atoms with Gasteiger partial charge in [-0.3, -0.25) is 4.98 Å². The summed E-state index contributed by atoms with van der Waals surface area (Å²) in [6.07, 6.45) is 2.42. The fourth-order valence-electron chi connectivity index (χ4n) is 3.10. The summed E-state index contributed by atoms with van der Waals surface area (Å²) in [4.78, 5) is 50.3. The lowest BCUT2D eigenvalue weighted by Crippen LogP contribution is -2.25. The Labute approximate surface area is 195 Å². The number of para-hydroxylation sites is 1. The quantitative estimate of drug-likeness (QED) is 0.260. The van der Waals surface area contributed by atoms with E-state index < -0.39 is 15.6 Å². The van der Waals surface area contributed by atoms with Crippen LogP contribution in [0.25, 0.3) is 10.9 Å². The van der Waals surface area contributed by atoms with Gasteiger partial charge in [-0.25, -0.2) is 9.13 Å². The normalized spacial score (nSPS) is 12.5. The van der Waals surface area contributed by atoms with Crippen molar-refractivity contribution < 1.29 is 38.5 Å². The maximum Gasteiger partial charge on any atom is 0.466 e. The number of aryl methyl sites for hydroxylation is 1. The molecule has 7 N–H and O–H groups in total. The maximum absolute atomic E-state index is 8.88. The van der Waals surface area contributed by atoms with Crippen LogP contribution in [0.2, 0.25) is 0 Å². The van der Waals surface area contributed by atoms with Gasteiger partial charge in [0.2, 0.25) is 0 Å². The topological polar surface area (TPSA) is 184 Å². The molecule has 2 aromatic rings. The molecule has 2 rings (SSSR count). The van der Waals surface area contributed by atoms with E-state index in [4.69, 9.17) is 43.5 Å². The Morgan fingerprint density at radius 2 is 1.45 bits per heavy atom. The Kier molecular flexibility index (Phi) is 14.2. The van der Waals surface area contributed by atoms with E-state index in [2.05, 4.69) is 69.1 Å². The third-order valence-electron chi connectivity index (χ3n) is 4.78. The Morgan fingerprint density at radius 1 is 0.970 bits per heavy atom. The molecule has 1 aromatic heterocycles. The van der Waals surface area contributed by atoms with E-state index in [1.165, 1.54) is 36.0 Å². The molecule has 0 aliphatic rings. The number of nitrogens with zero attached hydrogens (tertiary/aromatic N) is 2. The SMILES string of the molecule is CCN(CC)CCCC(C)Nc1c(C)c(C)nc2ccccc12.O=P(O)(O)O.O=P(O)(O)O. The van der Waals surface area contributed by atoms with Crippen molar-refractivity contribution in [3.63, 3.8) is 0 Å². The number of anilines is 1. The molecular weight excluding hydrogens is 472 g/mol. The number of rotatable bonds is 8. The molecule has 0 aliphatic heterocycles. The molecule has 0 fully saturated rings. The number of hydrogen-bond donors (Lipinski definition) is 7. The van der Waals surface area contributed by atoms with Gasteiger partial charge in [0.1, 0.15) is 0 Å². The average Bonchev–Trinajstić information content (AvgIpc) is 2.66. The van der Waals surface area contributed by atoms with Gasteiger partial charge < -0.3 is 39.6 Å². The van der Waals surface area contributed by atoms with Crippen LogP contribution < -0.4 is 5.32 Å². The highest BCUT2D eigenvalue weighted by Gasteiger charge is 2.12. The lowest BCUT2D eigenvalue weighted by molar-refractivity contribution is 0.272. The van der Waals surface area contributed by atoms with Crippen LogP contribution in [-0.4, -0.2) is 64.9 Å². The summed E-state index contributed by atoms with van der Waals surface area (Å²) in [5.41, 5.74) is 4.71. The van der Waals surface area contributed by atoms with Crippen LogP contribution in [0, 0.1) is 13.8 Å². The molecule has 0 saturated carbocycles. The van der Waals surface area contributed by atoms with Crippen molar-refractivity contribution in [3.05, 3.63) is 35.5 Å². The van der Waals surface area contributed by atoms with E-state index in [0.717, 1.165) is 24.3 Å². The van der Waals surface area contributed by atoms with E-state index >= 15 is 0 Å². The highest BCUT2D eigenvalue weighted by atomic mass is 31.2. The highest BCUT2D eigenvalue weighted by Crippen LogP contribution is 2.29. The summed E-state index contributed by atoms with van der Waals surface area (Å²) >= 11 is 0. The number of pyridine rings is 1. The maximum atomic E-state index is 8.88. The lowest BCUT2D eigenvalue weighted by atomic mass is 10.1. The number of fused-ring (bicyclic) bond motifs is 1. The second kappa shape index (κ2) is 14.8. The van der Waals surface area contributed by atoms with Gasteiger partial charge in [-0.1, -0.05) is 32.0 Å². The minimum Gasteiger partial charge on any atom is -0.382 e. The molecule has 0 radical (unpaired) electrons. The largest absolute Gasteiger partial charge is 0.466 e. The summed E-state index contributed by atoms with van der Waals surface area (Å²) in [5, 5.41) is 4.97. The summed E-state index contributed by atoms with van der Waals surface area (Å²) < 4.78 is 17.8. The molecule has 190 valence electrons. The van der Waals surface area contributed by atoms with E-state index in [1.807, 2.05) is 0 Å². The van der Waals surface area contributed by atoms with Crippen molar-refractivity contribution in [2.75, 3.05) is 25.0 Å². The van der Waals surface area contributed by atoms with Crippen LogP contribution in [0.1, 0.15) is 44.9 Å². The van der Waals surface area contributed by atoms with Gasteiger partial charge in [-0.2, -0.15) is 0 Å². The molecule has 1 unspecified atom stereocenters. The number of aromatic nitrogens is 1. The highest BCUT2D eigenvalue weighted by molar-refractivity contribution is 7.45. The molecule has 33 heavy (non-hydrogen) atoms. The zero-order valence-corrected chi connectivity index (χ0v) is 21.5. The van der Waals surface area contributed by atoms with E-state index in [-0.39, 0.29) is 0 Å². The Bertz CT molecular complexity index is 908. The van der Waals surface area contributed by atoms with Gasteiger partial charge in [-0.05, 0) is 64.9 Å². The van der Waals surface area contributed by atoms with Gasteiger partial charge in [0, 0.05) is 22.8 Å². The summed E-state index contributed by atoms with van der Waals surface area (Å²) in [7, 11) is -9.28. The predicted octanol–water partition coefficient (Wildman–Crippen LogP) is 2.92. The molecular formula is C20H37N3O8P2. The third kappa shape index (κ3) is 16.0. The van der Waals surface area contributed by atoms with Crippen molar-refractivity contribution in [2.24, 2.45) is 0 Å². The zero-order valence-electron chi connectivity index (χ0n) is 19.7. The molecule has 1 heterocycles. The zero-order chi connectivity index (χ0) is 25.8. The van der Waals surface area contributed by atoms with Gasteiger partial charge in [0.25, 0.3) is 0 Å². The molecule has 1 atom stereocenters. The Hall–Kier alpha value is -1.39.